The number of unbranched alkanes of at least 4 members (excludes halogenated alkanes) is 23. The first-order valence-corrected chi connectivity index (χ1v) is 19.9. The summed E-state index contributed by atoms with van der Waals surface area (Å²) in [6, 6.07) is 0. The Kier molecular flexibility index (Phi) is 60.7. The van der Waals surface area contributed by atoms with Gasteiger partial charge in [0.2, 0.25) is 0 Å². The summed E-state index contributed by atoms with van der Waals surface area (Å²) in [7, 11) is 0. The summed E-state index contributed by atoms with van der Waals surface area (Å²) in [5.74, 6) is 0. The first-order valence-electron chi connectivity index (χ1n) is 19.9. The number of nitrogens with two attached hydrogens (primary N) is 1. The normalized spacial score (nSPS) is 11.0. The first-order chi connectivity index (χ1) is 21.6. The molecular weight excluding hydrogens is 686 g/mol. The average molecular weight is 773 g/mol. The molecule has 6 nitrogen and oxygen atoms in total. The molecule has 0 aromatic carbocycles. The van der Waals surface area contributed by atoms with Gasteiger partial charge in [-0.1, -0.05) is 160 Å². The van der Waals surface area contributed by atoms with Gasteiger partial charge in [-0.25, -0.2) is 0 Å². The van der Waals surface area contributed by atoms with E-state index in [1.807, 2.05) is 0 Å². The zero-order valence-corrected chi connectivity index (χ0v) is 35.2. The van der Waals surface area contributed by atoms with E-state index in [0.717, 1.165) is 45.6 Å². The second-order valence-electron chi connectivity index (χ2n) is 13.8. The van der Waals surface area contributed by atoms with Gasteiger partial charge in [0.15, 0.2) is 0 Å². The van der Waals surface area contributed by atoms with Gasteiger partial charge in [-0.15, -0.1) is 49.6 Å². The van der Waals surface area contributed by atoms with E-state index in [2.05, 4.69) is 23.6 Å². The Bertz CT molecular complexity index is 543. The van der Waals surface area contributed by atoms with Crippen LogP contribution in [0.3, 0.4) is 0 Å². The van der Waals surface area contributed by atoms with Crippen molar-refractivity contribution >= 4 is 49.6 Å². The molecule has 0 rings (SSSR count). The van der Waals surface area contributed by atoms with E-state index in [0.29, 0.717) is 11.8 Å². The van der Waals surface area contributed by atoms with Crippen molar-refractivity contribution in [2.24, 2.45) is 5.73 Å². The molecule has 0 aromatic heterocycles. The number of hydroxylamine groups is 2. The summed E-state index contributed by atoms with van der Waals surface area (Å²) in [6.45, 7) is 12.5. The van der Waals surface area contributed by atoms with Crippen LogP contribution in [-0.2, 0) is 0 Å². The molecule has 0 atom stereocenters. The van der Waals surface area contributed by atoms with Gasteiger partial charge in [0.25, 0.3) is 0 Å². The van der Waals surface area contributed by atoms with Crippen LogP contribution in [0.15, 0.2) is 0 Å². The molecule has 10 heteroatoms. The number of halogens is 4. The van der Waals surface area contributed by atoms with Crippen LogP contribution in [0.1, 0.15) is 194 Å². The average Bonchev–Trinajstić information content (AvgIpc) is 3.01. The molecule has 0 fully saturated rings. The molecule has 0 radical (unpaired) electrons. The second kappa shape index (κ2) is 50.0. The topological polar surface area (TPSA) is 76.2 Å². The molecule has 48 heavy (non-hydrogen) atoms. The number of hydrogen-bond acceptors (Lipinski definition) is 6. The van der Waals surface area contributed by atoms with Gasteiger partial charge in [-0.05, 0) is 84.3 Å². The van der Waals surface area contributed by atoms with Gasteiger partial charge in [0, 0.05) is 0 Å². The number of hydrogen-bond donors (Lipinski definition) is 3. The molecule has 0 amide bonds. The van der Waals surface area contributed by atoms with E-state index >= 15 is 0 Å². The van der Waals surface area contributed by atoms with Gasteiger partial charge in [0.1, 0.15) is 0 Å². The molecule has 0 heterocycles. The highest BCUT2D eigenvalue weighted by molar-refractivity contribution is 5.86. The summed E-state index contributed by atoms with van der Waals surface area (Å²) in [5.41, 5.74) is 5.85. The van der Waals surface area contributed by atoms with Crippen molar-refractivity contribution in [2.75, 3.05) is 52.4 Å². The largest absolute Gasteiger partial charge is 0.330 e. The molecule has 298 valence electrons. The summed E-state index contributed by atoms with van der Waals surface area (Å²) in [6.07, 6.45) is 37.8. The Hall–Kier alpha value is 0.920. The molecule has 4 N–H and O–H groups in total. The van der Waals surface area contributed by atoms with Crippen LogP contribution in [0.25, 0.3) is 0 Å². The summed E-state index contributed by atoms with van der Waals surface area (Å²) in [5, 5.41) is 18.6. The predicted molar refractivity (Wildman–Crippen MR) is 222 cm³/mol. The van der Waals surface area contributed by atoms with Crippen molar-refractivity contribution in [3.63, 3.8) is 0 Å². The highest BCUT2D eigenvalue weighted by Crippen LogP contribution is 2.14. The first kappa shape index (κ1) is 58.2. The molecule has 0 aromatic rings. The number of rotatable bonds is 38. The lowest BCUT2D eigenvalue weighted by atomic mass is 10.1. The van der Waals surface area contributed by atoms with Crippen molar-refractivity contribution < 1.29 is 10.4 Å². The van der Waals surface area contributed by atoms with E-state index in [-0.39, 0.29) is 49.6 Å². The van der Waals surface area contributed by atoms with Gasteiger partial charge >= 0.3 is 0 Å². The molecular formula is C38H86Cl4N4O2. The maximum absolute atomic E-state index is 9.14. The van der Waals surface area contributed by atoms with Crippen LogP contribution in [0.4, 0.5) is 0 Å². The van der Waals surface area contributed by atoms with Crippen molar-refractivity contribution in [3.8, 4) is 0 Å². The van der Waals surface area contributed by atoms with Crippen molar-refractivity contribution in [3.05, 3.63) is 0 Å². The summed E-state index contributed by atoms with van der Waals surface area (Å²) >= 11 is 0. The van der Waals surface area contributed by atoms with E-state index in [9.17, 15) is 0 Å². The fourth-order valence-corrected chi connectivity index (χ4v) is 6.45. The third-order valence-electron chi connectivity index (χ3n) is 9.37. The maximum atomic E-state index is 9.14. The standard InChI is InChI=1S/C38H82N4O2.4ClH/c1-3-5-7-9-11-13-15-17-19-21-23-25-32-40(36-29-31-39)34-27-28-35-41(37-30-38-42(43)44)33-26-24-22-20-18-16-14-12-10-8-6-4-2;;;;/h43-44H,3-39H2,1-2H3;4*1H. The zero-order chi connectivity index (χ0) is 32.2. The molecule has 0 spiro atoms. The Morgan fingerprint density at radius 2 is 0.542 bits per heavy atom. The van der Waals surface area contributed by atoms with E-state index in [1.165, 1.54) is 180 Å². The van der Waals surface area contributed by atoms with Crippen LogP contribution in [0.5, 0.6) is 0 Å². The SMILES string of the molecule is CCCCCCCCCCCCCCN(CCCN)CCCCN(CCCCCCCCCCCCCC)CCCN(O)O.Cl.Cl.Cl.Cl. The third-order valence-corrected chi connectivity index (χ3v) is 9.37. The van der Waals surface area contributed by atoms with Crippen LogP contribution < -0.4 is 5.73 Å². The fraction of sp³-hybridized carbons (Fsp3) is 1.00. The van der Waals surface area contributed by atoms with Crippen LogP contribution in [-0.4, -0.2) is 77.8 Å². The van der Waals surface area contributed by atoms with Crippen molar-refractivity contribution in [1.82, 2.24) is 15.0 Å². The van der Waals surface area contributed by atoms with Crippen LogP contribution >= 0.6 is 49.6 Å². The molecule has 0 saturated carbocycles. The highest BCUT2D eigenvalue weighted by atomic mass is 35.5. The fourth-order valence-electron chi connectivity index (χ4n) is 6.45. The van der Waals surface area contributed by atoms with Gasteiger partial charge < -0.3 is 15.5 Å². The van der Waals surface area contributed by atoms with E-state index in [4.69, 9.17) is 16.1 Å². The molecule has 0 saturated heterocycles. The van der Waals surface area contributed by atoms with E-state index < -0.39 is 0 Å². The predicted octanol–water partition coefficient (Wildman–Crippen LogP) is 12.3. The molecule has 0 aliphatic carbocycles. The molecule has 0 unspecified atom stereocenters. The maximum Gasteiger partial charge on any atom is 0.0525 e. The highest BCUT2D eigenvalue weighted by Gasteiger charge is 2.08. The van der Waals surface area contributed by atoms with Gasteiger partial charge in [-0.2, -0.15) is 0 Å². The molecule has 0 aliphatic rings. The smallest absolute Gasteiger partial charge is 0.0525 e. The Balaban J connectivity index is -0.00000154. The summed E-state index contributed by atoms with van der Waals surface area (Å²) in [4.78, 5) is 5.23. The minimum Gasteiger partial charge on any atom is -0.330 e. The zero-order valence-electron chi connectivity index (χ0n) is 31.9. The van der Waals surface area contributed by atoms with E-state index in [1.54, 1.807) is 0 Å². The Morgan fingerprint density at radius 3 is 0.812 bits per heavy atom. The van der Waals surface area contributed by atoms with Gasteiger partial charge in [0.05, 0.1) is 6.54 Å². The third kappa shape index (κ3) is 46.9. The number of nitrogens with zero attached hydrogens (tertiary/aromatic N) is 3. The van der Waals surface area contributed by atoms with Crippen LogP contribution in [0, 0.1) is 0 Å². The quantitative estimate of drug-likeness (QED) is 0.0429. The molecule has 0 aliphatic heterocycles. The molecule has 0 bridgehead atoms. The Morgan fingerprint density at radius 1 is 0.312 bits per heavy atom. The monoisotopic (exact) mass is 771 g/mol. The van der Waals surface area contributed by atoms with Gasteiger partial charge in [-0.3, -0.25) is 10.4 Å². The van der Waals surface area contributed by atoms with Crippen molar-refractivity contribution in [2.45, 2.75) is 194 Å². The lowest BCUT2D eigenvalue weighted by molar-refractivity contribution is -0.307. The van der Waals surface area contributed by atoms with Crippen LogP contribution in [0.2, 0.25) is 0 Å². The Labute approximate surface area is 325 Å². The minimum atomic E-state index is 0. The lowest BCUT2D eigenvalue weighted by Crippen LogP contribution is -2.31. The second-order valence-corrected chi connectivity index (χ2v) is 13.8. The summed E-state index contributed by atoms with van der Waals surface area (Å²) < 4.78 is 0. The minimum absolute atomic E-state index is 0. The van der Waals surface area contributed by atoms with Crippen molar-refractivity contribution in [1.29, 1.82) is 0 Å². The lowest BCUT2D eigenvalue weighted by Gasteiger charge is -2.25.